The van der Waals surface area contributed by atoms with Crippen LogP contribution < -0.4 is 4.72 Å². The minimum absolute atomic E-state index is 0.0188. The minimum Gasteiger partial charge on any atom is -0.378 e. The summed E-state index contributed by atoms with van der Waals surface area (Å²) < 4.78 is 31.6. The first kappa shape index (κ1) is 16.3. The van der Waals surface area contributed by atoms with Gasteiger partial charge in [-0.1, -0.05) is 18.2 Å². The molecule has 0 radical (unpaired) electrons. The summed E-state index contributed by atoms with van der Waals surface area (Å²) in [7, 11) is -3.42. The van der Waals surface area contributed by atoms with Gasteiger partial charge in [0.05, 0.1) is 29.5 Å². The van der Waals surface area contributed by atoms with Gasteiger partial charge in [-0.2, -0.15) is 0 Å². The molecule has 0 heterocycles. The molecular formula is C13H20ClNO3S. The molecule has 0 fully saturated rings. The average Bonchev–Trinajstić information content (AvgIpc) is 2.27. The minimum atomic E-state index is -3.42. The van der Waals surface area contributed by atoms with Gasteiger partial charge in [-0.15, -0.1) is 11.6 Å². The number of hydrogen-bond donors (Lipinski definition) is 1. The van der Waals surface area contributed by atoms with Gasteiger partial charge in [0, 0.05) is 0 Å². The van der Waals surface area contributed by atoms with Crippen LogP contribution >= 0.6 is 11.6 Å². The van der Waals surface area contributed by atoms with E-state index in [0.29, 0.717) is 5.69 Å². The smallest absolute Gasteiger partial charge is 0.235 e. The Hall–Kier alpha value is -0.780. The van der Waals surface area contributed by atoms with Crippen molar-refractivity contribution in [3.05, 3.63) is 29.8 Å². The van der Waals surface area contributed by atoms with Crippen LogP contribution in [0.2, 0.25) is 0 Å². The molecule has 1 aromatic carbocycles. The van der Waals surface area contributed by atoms with Crippen LogP contribution in [-0.4, -0.2) is 26.9 Å². The van der Waals surface area contributed by atoms with Crippen LogP contribution in [-0.2, 0) is 14.8 Å². The Morgan fingerprint density at radius 2 is 1.89 bits per heavy atom. The first-order valence-corrected chi connectivity index (χ1v) is 8.26. The lowest BCUT2D eigenvalue weighted by atomic mass is 10.1. The van der Waals surface area contributed by atoms with Crippen molar-refractivity contribution in [2.24, 2.45) is 0 Å². The summed E-state index contributed by atoms with van der Waals surface area (Å²) in [5.41, 5.74) is 1.28. The molecule has 1 unspecified atom stereocenters. The normalized spacial score (nSPS) is 13.5. The van der Waals surface area contributed by atoms with Crippen molar-refractivity contribution in [1.29, 1.82) is 0 Å². The average molecular weight is 306 g/mol. The first-order valence-electron chi connectivity index (χ1n) is 6.17. The van der Waals surface area contributed by atoms with Crippen LogP contribution in [0.25, 0.3) is 0 Å². The zero-order valence-corrected chi connectivity index (χ0v) is 13.0. The van der Waals surface area contributed by atoms with E-state index < -0.39 is 10.0 Å². The summed E-state index contributed by atoms with van der Waals surface area (Å²) in [5, 5.41) is -0.259. The number of para-hydroxylation sites is 1. The van der Waals surface area contributed by atoms with Crippen LogP contribution in [0.15, 0.2) is 24.3 Å². The van der Waals surface area contributed by atoms with E-state index in [1.807, 2.05) is 19.9 Å². The SMILES string of the molecule is CC(C)OCCS(=O)(=O)Nc1ccccc1C(C)Cl. The van der Waals surface area contributed by atoms with E-state index in [-0.39, 0.29) is 23.8 Å². The Bertz CT molecular complexity index is 500. The molecule has 0 saturated carbocycles. The lowest BCUT2D eigenvalue weighted by Crippen LogP contribution is -2.22. The number of alkyl halides is 1. The van der Waals surface area contributed by atoms with Crippen LogP contribution in [0.5, 0.6) is 0 Å². The van der Waals surface area contributed by atoms with Crippen LogP contribution in [0.3, 0.4) is 0 Å². The maximum Gasteiger partial charge on any atom is 0.235 e. The van der Waals surface area contributed by atoms with Crippen molar-refractivity contribution < 1.29 is 13.2 Å². The number of ether oxygens (including phenoxy) is 1. The van der Waals surface area contributed by atoms with Gasteiger partial charge < -0.3 is 4.74 Å². The third-order valence-electron chi connectivity index (χ3n) is 2.46. The first-order chi connectivity index (χ1) is 8.82. The third kappa shape index (κ3) is 5.80. The van der Waals surface area contributed by atoms with Gasteiger partial charge in [-0.3, -0.25) is 4.72 Å². The van der Waals surface area contributed by atoms with Crippen LogP contribution in [0, 0.1) is 0 Å². The molecule has 0 amide bonds. The van der Waals surface area contributed by atoms with Gasteiger partial charge >= 0.3 is 0 Å². The highest BCUT2D eigenvalue weighted by molar-refractivity contribution is 7.92. The molecule has 1 rings (SSSR count). The Balaban J connectivity index is 2.73. The molecule has 0 aliphatic rings. The van der Waals surface area contributed by atoms with Crippen molar-refractivity contribution in [3.8, 4) is 0 Å². The second-order valence-electron chi connectivity index (χ2n) is 4.54. The molecule has 0 saturated heterocycles. The highest BCUT2D eigenvalue weighted by Gasteiger charge is 2.15. The van der Waals surface area contributed by atoms with Crippen molar-refractivity contribution >= 4 is 27.3 Å². The fourth-order valence-corrected chi connectivity index (χ4v) is 2.68. The Morgan fingerprint density at radius 1 is 1.26 bits per heavy atom. The summed E-state index contributed by atoms with van der Waals surface area (Å²) in [6.45, 7) is 5.71. The molecule has 6 heteroatoms. The van der Waals surface area contributed by atoms with E-state index in [1.165, 1.54) is 0 Å². The number of nitrogens with one attached hydrogen (secondary N) is 1. The number of benzene rings is 1. The summed E-state index contributed by atoms with van der Waals surface area (Å²) in [5.74, 6) is -0.0732. The van der Waals surface area contributed by atoms with E-state index in [1.54, 1.807) is 25.1 Å². The molecule has 0 spiro atoms. The van der Waals surface area contributed by atoms with Gasteiger partial charge in [0.15, 0.2) is 0 Å². The molecule has 0 aliphatic heterocycles. The number of hydrogen-bond acceptors (Lipinski definition) is 3. The molecule has 0 aliphatic carbocycles. The Kier molecular flexibility index (Phi) is 6.10. The van der Waals surface area contributed by atoms with E-state index in [9.17, 15) is 8.42 Å². The zero-order chi connectivity index (χ0) is 14.5. The predicted molar refractivity (Wildman–Crippen MR) is 79.2 cm³/mol. The van der Waals surface area contributed by atoms with Gasteiger partial charge in [0.25, 0.3) is 0 Å². The monoisotopic (exact) mass is 305 g/mol. The van der Waals surface area contributed by atoms with Crippen molar-refractivity contribution in [3.63, 3.8) is 0 Å². The maximum atomic E-state index is 11.9. The van der Waals surface area contributed by atoms with E-state index in [4.69, 9.17) is 16.3 Å². The van der Waals surface area contributed by atoms with Crippen LogP contribution in [0.1, 0.15) is 31.7 Å². The van der Waals surface area contributed by atoms with Gasteiger partial charge in [0.1, 0.15) is 0 Å². The highest BCUT2D eigenvalue weighted by Crippen LogP contribution is 2.27. The molecule has 4 nitrogen and oxygen atoms in total. The summed E-state index contributed by atoms with van der Waals surface area (Å²) in [6.07, 6.45) is 0.0188. The quantitative estimate of drug-likeness (QED) is 0.787. The highest BCUT2D eigenvalue weighted by atomic mass is 35.5. The summed E-state index contributed by atoms with van der Waals surface area (Å²) >= 11 is 6.02. The molecule has 1 aromatic rings. The fraction of sp³-hybridized carbons (Fsp3) is 0.538. The van der Waals surface area contributed by atoms with Crippen LogP contribution in [0.4, 0.5) is 5.69 Å². The Labute approximate surface area is 120 Å². The molecule has 1 N–H and O–H groups in total. The molecule has 0 bridgehead atoms. The predicted octanol–water partition coefficient (Wildman–Crippen LogP) is 3.15. The van der Waals surface area contributed by atoms with Gasteiger partial charge in [-0.25, -0.2) is 8.42 Å². The largest absolute Gasteiger partial charge is 0.378 e. The molecular weight excluding hydrogens is 286 g/mol. The topological polar surface area (TPSA) is 55.4 Å². The molecule has 108 valence electrons. The van der Waals surface area contributed by atoms with Gasteiger partial charge in [0.2, 0.25) is 10.0 Å². The number of anilines is 1. The van der Waals surface area contributed by atoms with E-state index >= 15 is 0 Å². The summed E-state index contributed by atoms with van der Waals surface area (Å²) in [4.78, 5) is 0. The number of halogens is 1. The Morgan fingerprint density at radius 3 is 2.47 bits per heavy atom. The molecule has 1 atom stereocenters. The lowest BCUT2D eigenvalue weighted by molar-refractivity contribution is 0.0913. The molecule has 19 heavy (non-hydrogen) atoms. The molecule has 0 aromatic heterocycles. The third-order valence-corrected chi connectivity index (χ3v) is 3.93. The van der Waals surface area contributed by atoms with Crippen molar-refractivity contribution in [1.82, 2.24) is 0 Å². The lowest BCUT2D eigenvalue weighted by Gasteiger charge is -2.14. The second-order valence-corrected chi connectivity index (χ2v) is 7.04. The fourth-order valence-electron chi connectivity index (χ4n) is 1.55. The van der Waals surface area contributed by atoms with Gasteiger partial charge in [-0.05, 0) is 32.4 Å². The second kappa shape index (κ2) is 7.12. The van der Waals surface area contributed by atoms with Crippen molar-refractivity contribution in [2.45, 2.75) is 32.3 Å². The maximum absolute atomic E-state index is 11.9. The summed E-state index contributed by atoms with van der Waals surface area (Å²) in [6, 6.07) is 7.11. The van der Waals surface area contributed by atoms with E-state index in [0.717, 1.165) is 5.56 Å². The van der Waals surface area contributed by atoms with Crippen molar-refractivity contribution in [2.75, 3.05) is 17.1 Å². The van der Waals surface area contributed by atoms with E-state index in [2.05, 4.69) is 4.72 Å². The number of rotatable bonds is 7. The zero-order valence-electron chi connectivity index (χ0n) is 11.4. The standard InChI is InChI=1S/C13H20ClNO3S/c1-10(2)18-8-9-19(16,17)15-13-7-5-4-6-12(13)11(3)14/h4-7,10-11,15H,8-9H2,1-3H3. The number of sulfonamides is 1.